The molecule has 0 heterocycles. The second-order valence-electron chi connectivity index (χ2n) is 2.50. The fraction of sp³-hybridized carbons (Fsp3) is 0.375. The molecule has 0 bridgehead atoms. The molecule has 0 aromatic heterocycles. The average Bonchev–Trinajstić information content (AvgIpc) is 1.87. The van der Waals surface area contributed by atoms with Crippen LogP contribution in [-0.4, -0.2) is 4.32 Å². The smallest absolute Gasteiger partial charge is 0.0832 e. The zero-order valence-electron chi connectivity index (χ0n) is 5.71. The van der Waals surface area contributed by atoms with E-state index in [0.717, 1.165) is 0 Å². The Morgan fingerprint density at radius 2 is 2.30 bits per heavy atom. The first-order valence-electron chi connectivity index (χ1n) is 3.11. The van der Waals surface area contributed by atoms with Crippen molar-refractivity contribution in [1.82, 2.24) is 0 Å². The molecule has 52 valence electrons. The first-order valence-corrected chi connectivity index (χ1v) is 3.90. The van der Waals surface area contributed by atoms with Crippen molar-refractivity contribution in [1.29, 1.82) is 5.26 Å². The molecular formula is C8H8BrN. The van der Waals surface area contributed by atoms with Crippen LogP contribution in [0.1, 0.15) is 6.92 Å². The van der Waals surface area contributed by atoms with Crippen molar-refractivity contribution in [3.63, 3.8) is 0 Å². The lowest BCUT2D eigenvalue weighted by atomic mass is 9.91. The molecule has 1 nitrogen and oxygen atoms in total. The molecule has 2 heteroatoms. The van der Waals surface area contributed by atoms with E-state index in [1.807, 2.05) is 31.2 Å². The van der Waals surface area contributed by atoms with Gasteiger partial charge in [0.2, 0.25) is 0 Å². The molecule has 1 aliphatic carbocycles. The second kappa shape index (κ2) is 2.59. The van der Waals surface area contributed by atoms with E-state index in [0.29, 0.717) is 0 Å². The van der Waals surface area contributed by atoms with Crippen molar-refractivity contribution < 1.29 is 0 Å². The number of alkyl halides is 1. The topological polar surface area (TPSA) is 23.8 Å². The van der Waals surface area contributed by atoms with Gasteiger partial charge in [0.1, 0.15) is 0 Å². The van der Waals surface area contributed by atoms with Crippen LogP contribution in [-0.2, 0) is 0 Å². The summed E-state index contributed by atoms with van der Waals surface area (Å²) < 4.78 is -0.170. The summed E-state index contributed by atoms with van der Waals surface area (Å²) in [5.41, 5.74) is 0. The minimum Gasteiger partial charge on any atom is -0.198 e. The molecule has 0 saturated heterocycles. The largest absolute Gasteiger partial charge is 0.198 e. The third-order valence-electron chi connectivity index (χ3n) is 1.58. The van der Waals surface area contributed by atoms with E-state index in [1.54, 1.807) is 0 Å². The molecule has 0 saturated carbocycles. The van der Waals surface area contributed by atoms with Gasteiger partial charge in [-0.25, -0.2) is 0 Å². The summed E-state index contributed by atoms with van der Waals surface area (Å²) >= 11 is 3.46. The minimum atomic E-state index is -0.170. The van der Waals surface area contributed by atoms with Crippen LogP contribution in [0, 0.1) is 17.2 Å². The lowest BCUT2D eigenvalue weighted by Crippen LogP contribution is -2.23. The van der Waals surface area contributed by atoms with Gasteiger partial charge >= 0.3 is 0 Å². The van der Waals surface area contributed by atoms with E-state index in [2.05, 4.69) is 22.0 Å². The van der Waals surface area contributed by atoms with Crippen molar-refractivity contribution in [2.24, 2.45) is 5.92 Å². The number of nitriles is 1. The third kappa shape index (κ3) is 1.30. The van der Waals surface area contributed by atoms with Crippen LogP contribution in [0.25, 0.3) is 0 Å². The number of allylic oxidation sites excluding steroid dienone is 4. The normalized spacial score (nSPS) is 37.5. The monoisotopic (exact) mass is 197 g/mol. The van der Waals surface area contributed by atoms with E-state index < -0.39 is 0 Å². The van der Waals surface area contributed by atoms with Gasteiger partial charge in [0.25, 0.3) is 0 Å². The molecule has 1 aliphatic rings. The predicted octanol–water partition coefficient (Wildman–Crippen LogP) is 2.41. The molecule has 0 amide bonds. The van der Waals surface area contributed by atoms with Gasteiger partial charge in [0.05, 0.1) is 16.3 Å². The summed E-state index contributed by atoms with van der Waals surface area (Å²) in [6, 6.07) is 2.21. The highest BCUT2D eigenvalue weighted by Crippen LogP contribution is 2.31. The maximum atomic E-state index is 8.66. The van der Waals surface area contributed by atoms with E-state index in [4.69, 9.17) is 5.26 Å². The lowest BCUT2D eigenvalue weighted by Gasteiger charge is -2.23. The van der Waals surface area contributed by atoms with Crippen molar-refractivity contribution in [2.45, 2.75) is 11.2 Å². The van der Waals surface area contributed by atoms with Crippen molar-refractivity contribution in [3.8, 4) is 6.07 Å². The van der Waals surface area contributed by atoms with E-state index in [1.165, 1.54) is 0 Å². The standard InChI is InChI=1S/C8H8BrN/c1-8(9)5-3-2-4-7(8)6-10/h2-5,7H,1H3. The van der Waals surface area contributed by atoms with Gasteiger partial charge in [0, 0.05) is 0 Å². The quantitative estimate of drug-likeness (QED) is 0.548. The number of rotatable bonds is 0. The lowest BCUT2D eigenvalue weighted by molar-refractivity contribution is 0.684. The molecule has 1 rings (SSSR count). The Kier molecular flexibility index (Phi) is 1.96. The average molecular weight is 198 g/mol. The molecule has 0 aliphatic heterocycles. The van der Waals surface area contributed by atoms with Gasteiger partial charge in [0.15, 0.2) is 0 Å². The van der Waals surface area contributed by atoms with Crippen LogP contribution in [0.5, 0.6) is 0 Å². The Bertz CT molecular complexity index is 220. The van der Waals surface area contributed by atoms with E-state index in [-0.39, 0.29) is 10.2 Å². The molecule has 0 fully saturated rings. The van der Waals surface area contributed by atoms with Crippen LogP contribution >= 0.6 is 15.9 Å². The summed E-state index contributed by atoms with van der Waals surface area (Å²) in [5, 5.41) is 8.66. The Hall–Kier alpha value is -0.550. The minimum absolute atomic E-state index is 0.0440. The molecule has 0 aromatic rings. The SMILES string of the molecule is CC1(Br)C=CC=CC1C#N. The first kappa shape index (κ1) is 7.56. The Labute approximate surface area is 69.2 Å². The highest BCUT2D eigenvalue weighted by molar-refractivity contribution is 9.10. The molecule has 0 aromatic carbocycles. The van der Waals surface area contributed by atoms with E-state index in [9.17, 15) is 0 Å². The molecule has 0 N–H and O–H groups in total. The molecular weight excluding hydrogens is 190 g/mol. The third-order valence-corrected chi connectivity index (χ3v) is 2.34. The summed E-state index contributed by atoms with van der Waals surface area (Å²) in [4.78, 5) is 0. The van der Waals surface area contributed by atoms with Crippen LogP contribution in [0.4, 0.5) is 0 Å². The van der Waals surface area contributed by atoms with Gasteiger partial charge < -0.3 is 0 Å². The van der Waals surface area contributed by atoms with E-state index >= 15 is 0 Å². The number of halogens is 1. The Balaban J connectivity index is 2.87. The second-order valence-corrected chi connectivity index (χ2v) is 4.21. The number of hydrogen-bond acceptors (Lipinski definition) is 1. The van der Waals surface area contributed by atoms with Gasteiger partial charge in [-0.15, -0.1) is 0 Å². The zero-order valence-corrected chi connectivity index (χ0v) is 7.30. The molecule has 2 atom stereocenters. The highest BCUT2D eigenvalue weighted by Gasteiger charge is 2.27. The summed E-state index contributed by atoms with van der Waals surface area (Å²) in [5.74, 6) is -0.0440. The van der Waals surface area contributed by atoms with Gasteiger partial charge in [-0.05, 0) is 6.92 Å². The maximum Gasteiger partial charge on any atom is 0.0832 e. The van der Waals surface area contributed by atoms with Crippen LogP contribution in [0.15, 0.2) is 24.3 Å². The summed E-state index contributed by atoms with van der Waals surface area (Å²) in [6.07, 6.45) is 7.73. The Morgan fingerprint density at radius 3 is 2.70 bits per heavy atom. The molecule has 0 radical (unpaired) electrons. The van der Waals surface area contributed by atoms with Crippen molar-refractivity contribution in [2.75, 3.05) is 0 Å². The van der Waals surface area contributed by atoms with Crippen LogP contribution in [0.3, 0.4) is 0 Å². The highest BCUT2D eigenvalue weighted by atomic mass is 79.9. The zero-order chi connectivity index (χ0) is 7.61. The first-order chi connectivity index (χ1) is 4.67. The predicted molar refractivity (Wildman–Crippen MR) is 44.7 cm³/mol. The summed E-state index contributed by atoms with van der Waals surface area (Å²) in [6.45, 7) is 1.99. The van der Waals surface area contributed by atoms with Gasteiger partial charge in [-0.1, -0.05) is 40.2 Å². The molecule has 10 heavy (non-hydrogen) atoms. The van der Waals surface area contributed by atoms with Gasteiger partial charge in [-0.2, -0.15) is 5.26 Å². The molecule has 2 unspecified atom stereocenters. The van der Waals surface area contributed by atoms with Gasteiger partial charge in [-0.3, -0.25) is 0 Å². The maximum absolute atomic E-state index is 8.66. The van der Waals surface area contributed by atoms with Crippen molar-refractivity contribution in [3.05, 3.63) is 24.3 Å². The van der Waals surface area contributed by atoms with Crippen LogP contribution in [0.2, 0.25) is 0 Å². The fourth-order valence-corrected chi connectivity index (χ4v) is 1.29. The van der Waals surface area contributed by atoms with Crippen LogP contribution < -0.4 is 0 Å². The van der Waals surface area contributed by atoms with Crippen molar-refractivity contribution >= 4 is 15.9 Å². The fourth-order valence-electron chi connectivity index (χ4n) is 0.880. The number of hydrogen-bond donors (Lipinski definition) is 0. The molecule has 0 spiro atoms. The Morgan fingerprint density at radius 1 is 1.60 bits per heavy atom. The summed E-state index contributed by atoms with van der Waals surface area (Å²) in [7, 11) is 0. The number of nitrogens with zero attached hydrogens (tertiary/aromatic N) is 1.